The third kappa shape index (κ3) is 4.50. The summed E-state index contributed by atoms with van der Waals surface area (Å²) in [4.78, 5) is 25.6. The average Bonchev–Trinajstić information content (AvgIpc) is 2.23. The lowest BCUT2D eigenvalue weighted by Gasteiger charge is -2.07. The zero-order valence-corrected chi connectivity index (χ0v) is 9.78. The Kier molecular flexibility index (Phi) is 4.45. The molecule has 0 saturated heterocycles. The Balaban J connectivity index is 2.59. The van der Waals surface area contributed by atoms with Gasteiger partial charge in [-0.15, -0.1) is 0 Å². The Morgan fingerprint density at radius 2 is 2.06 bits per heavy atom. The first-order valence-electron chi connectivity index (χ1n) is 5.19. The van der Waals surface area contributed by atoms with Gasteiger partial charge in [-0.2, -0.15) is 0 Å². The second-order valence-corrected chi connectivity index (χ2v) is 3.60. The molecular formula is C11H15N3O3. The van der Waals surface area contributed by atoms with Crippen LogP contribution in [0.5, 0.6) is 0 Å². The molecule has 0 aliphatic carbocycles. The standard InChI is InChI=1S/C11H15N3O3/c1-7-5-9(11(16)17)6-10(14-7)13-4-3-12-8(2)15/h5-6H,3-4H2,1-2H3,(H,12,15)(H,13,14)(H,16,17). The molecule has 6 nitrogen and oxygen atoms in total. The lowest BCUT2D eigenvalue weighted by atomic mass is 10.2. The van der Waals surface area contributed by atoms with Crippen molar-refractivity contribution in [3.05, 3.63) is 23.4 Å². The normalized spacial score (nSPS) is 9.76. The molecule has 0 unspecified atom stereocenters. The van der Waals surface area contributed by atoms with Crippen molar-refractivity contribution in [1.82, 2.24) is 10.3 Å². The Bertz CT molecular complexity index is 432. The predicted octanol–water partition coefficient (Wildman–Crippen LogP) is 0.636. The third-order valence-electron chi connectivity index (χ3n) is 2.01. The van der Waals surface area contributed by atoms with Crippen LogP contribution in [0.3, 0.4) is 0 Å². The number of anilines is 1. The highest BCUT2D eigenvalue weighted by atomic mass is 16.4. The number of hydrogen-bond donors (Lipinski definition) is 3. The van der Waals surface area contributed by atoms with Crippen molar-refractivity contribution in [1.29, 1.82) is 0 Å². The summed E-state index contributed by atoms with van der Waals surface area (Å²) in [5.41, 5.74) is 0.825. The van der Waals surface area contributed by atoms with Crippen LogP contribution in [0.4, 0.5) is 5.82 Å². The maximum atomic E-state index is 10.8. The van der Waals surface area contributed by atoms with Gasteiger partial charge in [-0.05, 0) is 19.1 Å². The first-order chi connectivity index (χ1) is 7.99. The van der Waals surface area contributed by atoms with Gasteiger partial charge in [0.05, 0.1) is 5.56 Å². The fraction of sp³-hybridized carbons (Fsp3) is 0.364. The molecule has 6 heteroatoms. The fourth-order valence-electron chi connectivity index (χ4n) is 1.31. The molecule has 1 aromatic heterocycles. The van der Waals surface area contributed by atoms with Crippen molar-refractivity contribution in [3.8, 4) is 0 Å². The van der Waals surface area contributed by atoms with Crippen LogP contribution in [0.2, 0.25) is 0 Å². The van der Waals surface area contributed by atoms with Crippen molar-refractivity contribution >= 4 is 17.7 Å². The second kappa shape index (κ2) is 5.83. The van der Waals surface area contributed by atoms with Gasteiger partial charge < -0.3 is 15.7 Å². The van der Waals surface area contributed by atoms with Gasteiger partial charge in [0.15, 0.2) is 0 Å². The number of amides is 1. The highest BCUT2D eigenvalue weighted by Crippen LogP contribution is 2.09. The van der Waals surface area contributed by atoms with Crippen LogP contribution < -0.4 is 10.6 Å². The number of aromatic nitrogens is 1. The molecule has 0 bridgehead atoms. The second-order valence-electron chi connectivity index (χ2n) is 3.60. The van der Waals surface area contributed by atoms with Crippen molar-refractivity contribution < 1.29 is 14.7 Å². The van der Waals surface area contributed by atoms with E-state index in [0.29, 0.717) is 24.6 Å². The number of pyridine rings is 1. The van der Waals surface area contributed by atoms with Crippen LogP contribution in [0, 0.1) is 6.92 Å². The summed E-state index contributed by atoms with van der Waals surface area (Å²) in [5.74, 6) is -0.594. The summed E-state index contributed by atoms with van der Waals surface area (Å²) in [6, 6.07) is 2.96. The van der Waals surface area contributed by atoms with Gasteiger partial charge >= 0.3 is 5.97 Å². The topological polar surface area (TPSA) is 91.3 Å². The van der Waals surface area contributed by atoms with Crippen LogP contribution in [-0.4, -0.2) is 35.1 Å². The van der Waals surface area contributed by atoms with Gasteiger partial charge in [-0.3, -0.25) is 4.79 Å². The number of hydrogen-bond acceptors (Lipinski definition) is 4. The highest BCUT2D eigenvalue weighted by molar-refractivity contribution is 5.88. The predicted molar refractivity (Wildman–Crippen MR) is 63.1 cm³/mol. The summed E-state index contributed by atoms with van der Waals surface area (Å²) < 4.78 is 0. The van der Waals surface area contributed by atoms with Crippen molar-refractivity contribution in [2.75, 3.05) is 18.4 Å². The number of carboxylic acid groups (broad SMARTS) is 1. The molecule has 0 aromatic carbocycles. The monoisotopic (exact) mass is 237 g/mol. The molecule has 0 fully saturated rings. The molecule has 0 aliphatic rings. The quantitative estimate of drug-likeness (QED) is 0.653. The lowest BCUT2D eigenvalue weighted by molar-refractivity contribution is -0.118. The van der Waals surface area contributed by atoms with E-state index in [-0.39, 0.29) is 11.5 Å². The summed E-state index contributed by atoms with van der Waals surface area (Å²) in [6.45, 7) is 4.13. The summed E-state index contributed by atoms with van der Waals surface area (Å²) in [6.07, 6.45) is 0. The molecule has 3 N–H and O–H groups in total. The SMILES string of the molecule is CC(=O)NCCNc1cc(C(=O)O)cc(C)n1. The minimum atomic E-state index is -0.986. The smallest absolute Gasteiger partial charge is 0.335 e. The molecule has 1 rings (SSSR count). The zero-order chi connectivity index (χ0) is 12.8. The van der Waals surface area contributed by atoms with Crippen LogP contribution in [0.15, 0.2) is 12.1 Å². The molecule has 1 amide bonds. The minimum absolute atomic E-state index is 0.102. The maximum absolute atomic E-state index is 10.8. The first-order valence-corrected chi connectivity index (χ1v) is 5.19. The van der Waals surface area contributed by atoms with Crippen LogP contribution >= 0.6 is 0 Å². The Hall–Kier alpha value is -2.11. The fourth-order valence-corrected chi connectivity index (χ4v) is 1.31. The Labute approximate surface area is 99.1 Å². The summed E-state index contributed by atoms with van der Waals surface area (Å²) >= 11 is 0. The van der Waals surface area contributed by atoms with Gasteiger partial charge in [-0.25, -0.2) is 9.78 Å². The van der Waals surface area contributed by atoms with E-state index in [4.69, 9.17) is 5.11 Å². The number of aromatic carboxylic acids is 1. The number of rotatable bonds is 5. The van der Waals surface area contributed by atoms with E-state index in [0.717, 1.165) is 0 Å². The van der Waals surface area contributed by atoms with E-state index in [1.165, 1.54) is 19.1 Å². The minimum Gasteiger partial charge on any atom is -0.478 e. The molecule has 1 heterocycles. The number of nitrogens with zero attached hydrogens (tertiary/aromatic N) is 1. The maximum Gasteiger partial charge on any atom is 0.335 e. The van der Waals surface area contributed by atoms with Crippen molar-refractivity contribution in [2.24, 2.45) is 0 Å². The number of carbonyl (C=O) groups excluding carboxylic acids is 1. The van der Waals surface area contributed by atoms with Gasteiger partial charge in [0, 0.05) is 25.7 Å². The number of carboxylic acids is 1. The Morgan fingerprint density at radius 1 is 1.35 bits per heavy atom. The van der Waals surface area contributed by atoms with Gasteiger partial charge in [0.2, 0.25) is 5.91 Å². The Morgan fingerprint density at radius 3 is 2.65 bits per heavy atom. The largest absolute Gasteiger partial charge is 0.478 e. The summed E-state index contributed by atoms with van der Waals surface area (Å²) in [7, 11) is 0. The van der Waals surface area contributed by atoms with Gasteiger partial charge in [0.25, 0.3) is 0 Å². The zero-order valence-electron chi connectivity index (χ0n) is 9.78. The van der Waals surface area contributed by atoms with E-state index < -0.39 is 5.97 Å². The van der Waals surface area contributed by atoms with Crippen LogP contribution in [0.1, 0.15) is 23.0 Å². The first kappa shape index (κ1) is 13.0. The van der Waals surface area contributed by atoms with Crippen LogP contribution in [0.25, 0.3) is 0 Å². The van der Waals surface area contributed by atoms with Gasteiger partial charge in [-0.1, -0.05) is 0 Å². The van der Waals surface area contributed by atoms with E-state index in [1.807, 2.05) is 0 Å². The molecule has 0 spiro atoms. The number of aryl methyl sites for hydroxylation is 1. The number of nitrogens with one attached hydrogen (secondary N) is 2. The van der Waals surface area contributed by atoms with E-state index in [1.54, 1.807) is 6.92 Å². The lowest BCUT2D eigenvalue weighted by Crippen LogP contribution is -2.26. The summed E-state index contributed by atoms with van der Waals surface area (Å²) in [5, 5.41) is 14.4. The van der Waals surface area contributed by atoms with E-state index in [9.17, 15) is 9.59 Å². The molecule has 0 radical (unpaired) electrons. The van der Waals surface area contributed by atoms with E-state index in [2.05, 4.69) is 15.6 Å². The van der Waals surface area contributed by atoms with Gasteiger partial charge in [0.1, 0.15) is 5.82 Å². The average molecular weight is 237 g/mol. The van der Waals surface area contributed by atoms with Crippen LogP contribution in [-0.2, 0) is 4.79 Å². The molecule has 1 aromatic rings. The molecule has 0 saturated carbocycles. The van der Waals surface area contributed by atoms with Crippen molar-refractivity contribution in [2.45, 2.75) is 13.8 Å². The molecule has 92 valence electrons. The molecule has 0 atom stereocenters. The highest BCUT2D eigenvalue weighted by Gasteiger charge is 2.06. The van der Waals surface area contributed by atoms with E-state index >= 15 is 0 Å². The molecular weight excluding hydrogens is 222 g/mol. The number of carbonyl (C=O) groups is 2. The third-order valence-corrected chi connectivity index (χ3v) is 2.01. The van der Waals surface area contributed by atoms with Crippen molar-refractivity contribution in [3.63, 3.8) is 0 Å². The molecule has 0 aliphatic heterocycles. The molecule has 17 heavy (non-hydrogen) atoms.